The Morgan fingerprint density at radius 1 is 1.20 bits per heavy atom. The summed E-state index contributed by atoms with van der Waals surface area (Å²) < 4.78 is 13.4. The van der Waals surface area contributed by atoms with E-state index in [2.05, 4.69) is 20.9 Å². The van der Waals surface area contributed by atoms with E-state index in [0.717, 1.165) is 23.4 Å². The molecule has 25 heavy (non-hydrogen) atoms. The van der Waals surface area contributed by atoms with E-state index in [0.29, 0.717) is 25.6 Å². The Morgan fingerprint density at radius 3 is 2.56 bits per heavy atom. The number of amides is 1. The Bertz CT molecular complexity index is 578. The van der Waals surface area contributed by atoms with E-state index in [1.54, 1.807) is 23.9 Å². The molecule has 0 aliphatic rings. The summed E-state index contributed by atoms with van der Waals surface area (Å²) in [6, 6.07) is 4.83. The molecule has 140 valence electrons. The highest BCUT2D eigenvalue weighted by Crippen LogP contribution is 2.17. The molecule has 0 saturated carbocycles. The van der Waals surface area contributed by atoms with Crippen LogP contribution in [0.3, 0.4) is 0 Å². The number of thioether (sulfide) groups is 1. The van der Waals surface area contributed by atoms with E-state index in [1.165, 1.54) is 6.07 Å². The van der Waals surface area contributed by atoms with Gasteiger partial charge in [0.05, 0.1) is 6.54 Å². The summed E-state index contributed by atoms with van der Waals surface area (Å²) in [7, 11) is 0. The van der Waals surface area contributed by atoms with Crippen LogP contribution in [0.15, 0.2) is 23.2 Å². The minimum absolute atomic E-state index is 0.0183. The smallest absolute Gasteiger partial charge is 0.222 e. The van der Waals surface area contributed by atoms with Gasteiger partial charge in [0, 0.05) is 31.3 Å². The van der Waals surface area contributed by atoms with E-state index >= 15 is 0 Å². The lowest BCUT2D eigenvalue weighted by Crippen LogP contribution is -2.42. The van der Waals surface area contributed by atoms with E-state index in [4.69, 9.17) is 0 Å². The molecule has 0 spiro atoms. The lowest BCUT2D eigenvalue weighted by Gasteiger charge is -2.13. The molecule has 0 atom stereocenters. The third kappa shape index (κ3) is 8.25. The number of carbonyl (C=O) groups excluding carboxylic acids is 1. The van der Waals surface area contributed by atoms with Crippen LogP contribution < -0.4 is 16.0 Å². The van der Waals surface area contributed by atoms with Crippen LogP contribution in [0, 0.1) is 11.7 Å². The van der Waals surface area contributed by atoms with Gasteiger partial charge in [-0.2, -0.15) is 11.8 Å². The van der Waals surface area contributed by atoms with Gasteiger partial charge in [-0.3, -0.25) is 4.79 Å². The van der Waals surface area contributed by atoms with Crippen molar-refractivity contribution in [3.63, 3.8) is 0 Å². The molecule has 0 bridgehead atoms. The predicted octanol–water partition coefficient (Wildman–Crippen LogP) is 2.52. The second-order valence-electron chi connectivity index (χ2n) is 5.91. The number of halogens is 1. The zero-order valence-corrected chi connectivity index (χ0v) is 16.3. The standard InChI is InChI=1S/C18H29FN4OS/c1-5-20-18(22-9-8-21-17(24)13(2)3)23-11-14-6-7-16(19)10-15(14)12-25-4/h6-7,10,13H,5,8-9,11-12H2,1-4H3,(H,21,24)(H2,20,22,23). The van der Waals surface area contributed by atoms with Gasteiger partial charge in [-0.1, -0.05) is 19.9 Å². The van der Waals surface area contributed by atoms with Crippen LogP contribution >= 0.6 is 11.8 Å². The van der Waals surface area contributed by atoms with Crippen molar-refractivity contribution < 1.29 is 9.18 Å². The molecular formula is C18H29FN4OS. The molecule has 7 heteroatoms. The number of hydrogen-bond acceptors (Lipinski definition) is 3. The van der Waals surface area contributed by atoms with Gasteiger partial charge in [-0.05, 0) is 36.4 Å². The Balaban J connectivity index is 2.62. The normalized spacial score (nSPS) is 11.5. The first-order valence-corrected chi connectivity index (χ1v) is 9.93. The van der Waals surface area contributed by atoms with Crippen molar-refractivity contribution in [1.29, 1.82) is 0 Å². The van der Waals surface area contributed by atoms with Gasteiger partial charge < -0.3 is 16.0 Å². The second-order valence-corrected chi connectivity index (χ2v) is 6.78. The second kappa shape index (κ2) is 11.7. The molecule has 3 N–H and O–H groups in total. The topological polar surface area (TPSA) is 65.5 Å². The summed E-state index contributed by atoms with van der Waals surface area (Å²) in [5.41, 5.74) is 1.98. The maximum absolute atomic E-state index is 13.4. The molecule has 0 aliphatic carbocycles. The quantitative estimate of drug-likeness (QED) is 0.356. The number of nitrogens with one attached hydrogen (secondary N) is 3. The van der Waals surface area contributed by atoms with E-state index in [-0.39, 0.29) is 17.6 Å². The first kappa shape index (κ1) is 21.3. The fourth-order valence-electron chi connectivity index (χ4n) is 2.12. The fourth-order valence-corrected chi connectivity index (χ4v) is 2.70. The number of nitrogens with zero attached hydrogens (tertiary/aromatic N) is 1. The van der Waals surface area contributed by atoms with Gasteiger partial charge in [0.15, 0.2) is 5.96 Å². The molecule has 0 heterocycles. The fraction of sp³-hybridized carbons (Fsp3) is 0.556. The van der Waals surface area contributed by atoms with Crippen LogP contribution in [0.2, 0.25) is 0 Å². The number of carbonyl (C=O) groups is 1. The maximum atomic E-state index is 13.4. The minimum atomic E-state index is -0.220. The summed E-state index contributed by atoms with van der Waals surface area (Å²) in [6.07, 6.45) is 2.00. The largest absolute Gasteiger partial charge is 0.357 e. The average molecular weight is 369 g/mol. The van der Waals surface area contributed by atoms with Crippen molar-refractivity contribution in [2.75, 3.05) is 25.9 Å². The van der Waals surface area contributed by atoms with Crippen LogP contribution in [0.5, 0.6) is 0 Å². The highest BCUT2D eigenvalue weighted by molar-refractivity contribution is 7.97. The summed E-state index contributed by atoms with van der Waals surface area (Å²) >= 11 is 1.66. The minimum Gasteiger partial charge on any atom is -0.357 e. The lowest BCUT2D eigenvalue weighted by atomic mass is 10.1. The molecule has 0 radical (unpaired) electrons. The zero-order valence-electron chi connectivity index (χ0n) is 15.5. The number of rotatable bonds is 9. The van der Waals surface area contributed by atoms with Crippen LogP contribution in [0.1, 0.15) is 31.9 Å². The number of aliphatic imine (C=N–C) groups is 1. The summed E-state index contributed by atoms with van der Waals surface area (Å²) in [6.45, 7) is 8.07. The van der Waals surface area contributed by atoms with Gasteiger partial charge in [0.2, 0.25) is 5.91 Å². The number of hydrogen-bond donors (Lipinski definition) is 3. The molecule has 1 amide bonds. The number of guanidine groups is 1. The lowest BCUT2D eigenvalue weighted by molar-refractivity contribution is -0.123. The van der Waals surface area contributed by atoms with Crippen molar-refractivity contribution in [1.82, 2.24) is 16.0 Å². The zero-order chi connectivity index (χ0) is 18.7. The van der Waals surface area contributed by atoms with Gasteiger partial charge in [-0.15, -0.1) is 0 Å². The molecule has 5 nitrogen and oxygen atoms in total. The van der Waals surface area contributed by atoms with Crippen molar-refractivity contribution in [3.8, 4) is 0 Å². The highest BCUT2D eigenvalue weighted by atomic mass is 32.2. The highest BCUT2D eigenvalue weighted by Gasteiger charge is 2.06. The molecule has 1 aromatic rings. The van der Waals surface area contributed by atoms with E-state index in [9.17, 15) is 9.18 Å². The van der Waals surface area contributed by atoms with Crippen LogP contribution in [-0.2, 0) is 17.1 Å². The predicted molar refractivity (Wildman–Crippen MR) is 104 cm³/mol. The molecule has 0 fully saturated rings. The van der Waals surface area contributed by atoms with E-state index < -0.39 is 0 Å². The Kier molecular flexibility index (Phi) is 9.99. The third-order valence-corrected chi connectivity index (χ3v) is 4.06. The summed E-state index contributed by atoms with van der Waals surface area (Å²) in [4.78, 5) is 16.1. The molecule has 0 aliphatic heterocycles. The van der Waals surface area contributed by atoms with Gasteiger partial charge in [-0.25, -0.2) is 9.38 Å². The molecule has 1 aromatic carbocycles. The summed E-state index contributed by atoms with van der Waals surface area (Å²) in [5, 5.41) is 9.22. The van der Waals surface area contributed by atoms with Gasteiger partial charge in [0.1, 0.15) is 5.82 Å². The van der Waals surface area contributed by atoms with Crippen molar-refractivity contribution in [2.24, 2.45) is 10.9 Å². The monoisotopic (exact) mass is 368 g/mol. The molecule has 0 saturated heterocycles. The van der Waals surface area contributed by atoms with Crippen molar-refractivity contribution >= 4 is 23.6 Å². The Morgan fingerprint density at radius 2 is 1.92 bits per heavy atom. The first-order chi connectivity index (χ1) is 12.0. The third-order valence-electron chi connectivity index (χ3n) is 3.46. The van der Waals surface area contributed by atoms with Crippen molar-refractivity contribution in [3.05, 3.63) is 35.1 Å². The van der Waals surface area contributed by atoms with Crippen LogP contribution in [-0.4, -0.2) is 37.8 Å². The maximum Gasteiger partial charge on any atom is 0.222 e. The SMILES string of the molecule is CCNC(=NCc1ccc(F)cc1CSC)NCCNC(=O)C(C)C. The first-order valence-electron chi connectivity index (χ1n) is 8.54. The van der Waals surface area contributed by atoms with E-state index in [1.807, 2.05) is 27.0 Å². The Labute approximate surface area is 154 Å². The Hall–Kier alpha value is -1.76. The molecule has 1 rings (SSSR count). The van der Waals surface area contributed by atoms with Crippen molar-refractivity contribution in [2.45, 2.75) is 33.1 Å². The average Bonchev–Trinajstić information content (AvgIpc) is 2.57. The molecule has 0 unspecified atom stereocenters. The van der Waals surface area contributed by atoms with Gasteiger partial charge >= 0.3 is 0 Å². The van der Waals surface area contributed by atoms with Crippen LogP contribution in [0.25, 0.3) is 0 Å². The molecular weight excluding hydrogens is 339 g/mol. The van der Waals surface area contributed by atoms with Crippen LogP contribution in [0.4, 0.5) is 4.39 Å². The summed E-state index contributed by atoms with van der Waals surface area (Å²) in [5.74, 6) is 1.24. The van der Waals surface area contributed by atoms with Gasteiger partial charge in [0.25, 0.3) is 0 Å². The molecule has 0 aromatic heterocycles. The number of benzene rings is 1.